The number of rotatable bonds is 20. The maximum atomic E-state index is 13.3. The van der Waals surface area contributed by atoms with Gasteiger partial charge in [0.1, 0.15) is 25.0 Å². The average Bonchev–Trinajstić information content (AvgIpc) is 3.90. The number of aliphatic hydroxyl groups is 1. The topological polar surface area (TPSA) is 139 Å². The molecule has 0 bridgehead atoms. The summed E-state index contributed by atoms with van der Waals surface area (Å²) in [6, 6.07) is 0. The van der Waals surface area contributed by atoms with E-state index in [1.54, 1.807) is 48.2 Å². The number of nitrogens with zero attached hydrogens (tertiary/aromatic N) is 8. The summed E-state index contributed by atoms with van der Waals surface area (Å²) in [6.45, 7) is 11.3. The highest BCUT2D eigenvalue weighted by Crippen LogP contribution is 2.16. The van der Waals surface area contributed by atoms with Crippen molar-refractivity contribution in [3.05, 3.63) is 0 Å². The molecule has 2 aliphatic rings. The Kier molecular flexibility index (Phi) is 14.5. The zero-order valence-electron chi connectivity index (χ0n) is 26.7. The van der Waals surface area contributed by atoms with Crippen LogP contribution in [0, 0.1) is 0 Å². The second kappa shape index (κ2) is 17.0. The fraction of sp³-hybridized carbons (Fsp3) is 0.852. The molecule has 0 saturated carbocycles. The number of hydrogen-bond donors (Lipinski definition) is 1. The number of aliphatic hydroxyl groups excluding tert-OH is 1. The van der Waals surface area contributed by atoms with Crippen LogP contribution in [0.4, 0.5) is 0 Å². The van der Waals surface area contributed by atoms with E-state index in [1.165, 1.54) is 20.0 Å². The first kappa shape index (κ1) is 35.8. The fourth-order valence-electron chi connectivity index (χ4n) is 4.22. The van der Waals surface area contributed by atoms with Gasteiger partial charge in [0.15, 0.2) is 0 Å². The second-order valence-corrected chi connectivity index (χ2v) is 10.7. The van der Waals surface area contributed by atoms with Gasteiger partial charge in [-0.3, -0.25) is 39.2 Å². The van der Waals surface area contributed by atoms with E-state index < -0.39 is 17.9 Å². The van der Waals surface area contributed by atoms with Gasteiger partial charge in [-0.05, 0) is 0 Å². The van der Waals surface area contributed by atoms with Gasteiger partial charge in [-0.1, -0.05) is 27.7 Å². The van der Waals surface area contributed by atoms with Crippen molar-refractivity contribution in [2.45, 2.75) is 58.8 Å². The van der Waals surface area contributed by atoms with Gasteiger partial charge in [-0.2, -0.15) is 0 Å². The summed E-state index contributed by atoms with van der Waals surface area (Å²) in [5, 5.41) is 23.6. The summed E-state index contributed by atoms with van der Waals surface area (Å²) in [4.78, 5) is 52.9. The fourth-order valence-corrected chi connectivity index (χ4v) is 4.22. The van der Waals surface area contributed by atoms with Crippen molar-refractivity contribution in [1.29, 1.82) is 0 Å². The van der Waals surface area contributed by atoms with Crippen LogP contribution >= 0.6 is 0 Å². The molecule has 2 saturated heterocycles. The van der Waals surface area contributed by atoms with E-state index >= 15 is 0 Å². The van der Waals surface area contributed by atoms with Gasteiger partial charge >= 0.3 is 0 Å². The molecule has 0 spiro atoms. The molecule has 0 aromatic rings. The Labute approximate surface area is 250 Å². The molecule has 42 heavy (non-hydrogen) atoms. The molecule has 0 aliphatic carbocycles. The van der Waals surface area contributed by atoms with Crippen molar-refractivity contribution in [3.8, 4) is 0 Å². The zero-order chi connectivity index (χ0) is 31.6. The molecule has 2 aliphatic heterocycles. The van der Waals surface area contributed by atoms with E-state index in [-0.39, 0.29) is 50.0 Å². The van der Waals surface area contributed by atoms with Crippen LogP contribution in [0.2, 0.25) is 0 Å². The van der Waals surface area contributed by atoms with Crippen molar-refractivity contribution in [3.63, 3.8) is 0 Å². The number of ether oxygens (including phenoxy) is 2. The monoisotopic (exact) mass is 600 g/mol. The summed E-state index contributed by atoms with van der Waals surface area (Å²) in [7, 11) is 6.96. The molecule has 1 N–H and O–H groups in total. The number of carbonyl (C=O) groups excluding carboxylic acids is 4. The van der Waals surface area contributed by atoms with E-state index in [4.69, 9.17) is 9.47 Å². The lowest BCUT2D eigenvalue weighted by Gasteiger charge is -2.37. The van der Waals surface area contributed by atoms with Gasteiger partial charge in [-0.25, -0.2) is 20.0 Å². The van der Waals surface area contributed by atoms with Gasteiger partial charge in [0.2, 0.25) is 23.6 Å². The van der Waals surface area contributed by atoms with Crippen LogP contribution in [0.1, 0.15) is 40.5 Å². The molecule has 15 heteroatoms. The SMILES string of the molecule is CCN(C)N(CC(O)CN(C(=O)CC(=O)N(CC1CO1)N(C)CC)N(C)CC)C(=O)CC(=O)N(CC1CO1)N(C)CC. The zero-order valence-corrected chi connectivity index (χ0v) is 26.7. The van der Waals surface area contributed by atoms with E-state index in [0.717, 1.165) is 0 Å². The minimum atomic E-state index is -1.14. The lowest BCUT2D eigenvalue weighted by atomic mass is 10.2. The lowest BCUT2D eigenvalue weighted by Crippen LogP contribution is -2.55. The predicted octanol–water partition coefficient (Wildman–Crippen LogP) is -1.29. The third kappa shape index (κ3) is 11.0. The molecule has 15 nitrogen and oxygen atoms in total. The molecule has 0 aromatic heterocycles. The Balaban J connectivity index is 2.08. The van der Waals surface area contributed by atoms with Gasteiger partial charge < -0.3 is 14.6 Å². The standard InChI is InChI=1S/C27H52N8O7/c1-9-28(5)32(24(37)13-26(39)34(30(7)11-3)17-22-19-41-22)15-21(36)16-33(29(6)10-2)25(38)14-27(40)35(31(8)12-4)18-23-20-42-23/h21-23,36H,9-20H2,1-8H3. The molecule has 2 rings (SSSR count). The quantitative estimate of drug-likeness (QED) is 0.101. The molecule has 2 fully saturated rings. The first-order valence-corrected chi connectivity index (χ1v) is 14.8. The molecule has 4 amide bonds. The number of hydrazine groups is 4. The number of carbonyl (C=O) groups is 4. The molecular weight excluding hydrogens is 548 g/mol. The first-order chi connectivity index (χ1) is 19.9. The van der Waals surface area contributed by atoms with E-state index in [2.05, 4.69) is 0 Å². The average molecular weight is 601 g/mol. The Morgan fingerprint density at radius 3 is 1.12 bits per heavy atom. The van der Waals surface area contributed by atoms with Crippen molar-refractivity contribution in [2.75, 3.05) is 93.8 Å². The van der Waals surface area contributed by atoms with Gasteiger partial charge in [0.05, 0.1) is 45.5 Å². The molecule has 0 aromatic carbocycles. The van der Waals surface area contributed by atoms with E-state index in [9.17, 15) is 24.3 Å². The van der Waals surface area contributed by atoms with Crippen molar-refractivity contribution >= 4 is 23.6 Å². The number of hydrogen-bond acceptors (Lipinski definition) is 11. The maximum absolute atomic E-state index is 13.3. The van der Waals surface area contributed by atoms with Crippen LogP contribution in [0.3, 0.4) is 0 Å². The third-order valence-electron chi connectivity index (χ3n) is 7.56. The molecule has 2 atom stereocenters. The Morgan fingerprint density at radius 1 is 0.595 bits per heavy atom. The van der Waals surface area contributed by atoms with Crippen LogP contribution < -0.4 is 0 Å². The Morgan fingerprint density at radius 2 is 0.857 bits per heavy atom. The Bertz CT molecular complexity index is 834. The largest absolute Gasteiger partial charge is 0.389 e. The minimum absolute atomic E-state index is 0.0308. The summed E-state index contributed by atoms with van der Waals surface area (Å²) >= 11 is 0. The smallest absolute Gasteiger partial charge is 0.246 e. The van der Waals surface area contributed by atoms with Crippen molar-refractivity contribution in [1.82, 2.24) is 40.1 Å². The van der Waals surface area contributed by atoms with Crippen LogP contribution in [-0.4, -0.2) is 181 Å². The van der Waals surface area contributed by atoms with Crippen LogP contribution in [0.15, 0.2) is 0 Å². The maximum Gasteiger partial charge on any atom is 0.246 e. The van der Waals surface area contributed by atoms with Crippen LogP contribution in [0.5, 0.6) is 0 Å². The molecular formula is C27H52N8O7. The summed E-state index contributed by atoms with van der Waals surface area (Å²) < 4.78 is 10.6. The van der Waals surface area contributed by atoms with Crippen LogP contribution in [-0.2, 0) is 28.7 Å². The summed E-state index contributed by atoms with van der Waals surface area (Å²) in [5.74, 6) is -1.65. The van der Waals surface area contributed by atoms with Crippen molar-refractivity contribution < 1.29 is 33.8 Å². The highest BCUT2D eigenvalue weighted by Gasteiger charge is 2.34. The number of epoxide rings is 2. The highest BCUT2D eigenvalue weighted by molar-refractivity contribution is 5.97. The highest BCUT2D eigenvalue weighted by atomic mass is 16.6. The lowest BCUT2D eigenvalue weighted by molar-refractivity contribution is -0.162. The third-order valence-corrected chi connectivity index (χ3v) is 7.56. The Hall–Kier alpha value is -2.40. The number of amides is 4. The molecule has 2 heterocycles. The van der Waals surface area contributed by atoms with Crippen molar-refractivity contribution in [2.24, 2.45) is 0 Å². The van der Waals surface area contributed by atoms with E-state index in [1.807, 2.05) is 27.7 Å². The second-order valence-electron chi connectivity index (χ2n) is 10.7. The molecule has 0 radical (unpaired) electrons. The minimum Gasteiger partial charge on any atom is -0.389 e. The normalized spacial score (nSPS) is 18.4. The summed E-state index contributed by atoms with van der Waals surface area (Å²) in [6.07, 6.45) is -1.97. The van der Waals surface area contributed by atoms with E-state index in [0.29, 0.717) is 52.5 Å². The van der Waals surface area contributed by atoms with Gasteiger partial charge in [-0.15, -0.1) is 0 Å². The van der Waals surface area contributed by atoms with Gasteiger partial charge in [0.25, 0.3) is 0 Å². The molecule has 2 unspecified atom stereocenters. The predicted molar refractivity (Wildman–Crippen MR) is 155 cm³/mol. The summed E-state index contributed by atoms with van der Waals surface area (Å²) in [5.41, 5.74) is 0. The van der Waals surface area contributed by atoms with Crippen LogP contribution in [0.25, 0.3) is 0 Å². The molecule has 242 valence electrons. The first-order valence-electron chi connectivity index (χ1n) is 14.8. The van der Waals surface area contributed by atoms with Gasteiger partial charge in [0, 0.05) is 54.4 Å².